The third-order valence-electron chi connectivity index (χ3n) is 2.13. The predicted octanol–water partition coefficient (Wildman–Crippen LogP) is 2.04. The molecule has 16 heavy (non-hydrogen) atoms. The summed E-state index contributed by atoms with van der Waals surface area (Å²) in [6, 6.07) is 11.3. The lowest BCUT2D eigenvalue weighted by Crippen LogP contribution is -1.97. The second-order valence-electron chi connectivity index (χ2n) is 3.47. The summed E-state index contributed by atoms with van der Waals surface area (Å²) in [7, 11) is 0. The zero-order valence-electron chi connectivity index (χ0n) is 9.05. The van der Waals surface area contributed by atoms with Gasteiger partial charge >= 0.3 is 0 Å². The van der Waals surface area contributed by atoms with E-state index in [2.05, 4.69) is 10.2 Å². The van der Waals surface area contributed by atoms with Crippen molar-refractivity contribution in [2.24, 2.45) is 5.73 Å². The molecule has 0 radical (unpaired) electrons. The molecule has 1 heterocycles. The zero-order chi connectivity index (χ0) is 11.4. The maximum Gasteiger partial charge on any atom is 0.238 e. The SMILES string of the molecule is Cc1ccc(Oc2cccc(CN)c2)nn1. The molecule has 2 N–H and O–H groups in total. The molecular formula is C12H13N3O. The van der Waals surface area contributed by atoms with Crippen LogP contribution in [-0.2, 0) is 6.54 Å². The first-order valence-corrected chi connectivity index (χ1v) is 5.05. The maximum absolute atomic E-state index is 5.55. The van der Waals surface area contributed by atoms with E-state index in [1.807, 2.05) is 37.3 Å². The Labute approximate surface area is 94.1 Å². The van der Waals surface area contributed by atoms with Gasteiger partial charge in [-0.15, -0.1) is 5.10 Å². The first-order chi connectivity index (χ1) is 7.78. The van der Waals surface area contributed by atoms with Gasteiger partial charge in [0.05, 0.1) is 5.69 Å². The van der Waals surface area contributed by atoms with Gasteiger partial charge in [0.1, 0.15) is 5.75 Å². The Bertz CT molecular complexity index is 468. The van der Waals surface area contributed by atoms with Crippen LogP contribution in [0.3, 0.4) is 0 Å². The molecule has 1 aromatic heterocycles. The van der Waals surface area contributed by atoms with E-state index >= 15 is 0 Å². The smallest absolute Gasteiger partial charge is 0.238 e. The molecule has 0 aliphatic heterocycles. The van der Waals surface area contributed by atoms with E-state index in [0.29, 0.717) is 12.4 Å². The fraction of sp³-hybridized carbons (Fsp3) is 0.167. The van der Waals surface area contributed by atoms with Gasteiger partial charge in [-0.05, 0) is 30.7 Å². The summed E-state index contributed by atoms with van der Waals surface area (Å²) in [6.07, 6.45) is 0. The molecular weight excluding hydrogens is 202 g/mol. The largest absolute Gasteiger partial charge is 0.438 e. The van der Waals surface area contributed by atoms with E-state index in [4.69, 9.17) is 10.5 Å². The molecule has 1 aromatic carbocycles. The Hall–Kier alpha value is -1.94. The zero-order valence-corrected chi connectivity index (χ0v) is 9.05. The maximum atomic E-state index is 5.55. The van der Waals surface area contributed by atoms with Crippen LogP contribution in [-0.4, -0.2) is 10.2 Å². The minimum absolute atomic E-state index is 0.486. The van der Waals surface area contributed by atoms with Gasteiger partial charge in [-0.3, -0.25) is 0 Å². The summed E-state index contributed by atoms with van der Waals surface area (Å²) in [5.41, 5.74) is 7.44. The lowest BCUT2D eigenvalue weighted by Gasteiger charge is -2.05. The number of rotatable bonds is 3. The second-order valence-corrected chi connectivity index (χ2v) is 3.47. The highest BCUT2D eigenvalue weighted by Gasteiger charge is 1.99. The molecule has 0 amide bonds. The van der Waals surface area contributed by atoms with Gasteiger partial charge in [0.15, 0.2) is 0 Å². The van der Waals surface area contributed by atoms with Gasteiger partial charge in [0.25, 0.3) is 0 Å². The van der Waals surface area contributed by atoms with Gasteiger partial charge in [0, 0.05) is 12.6 Å². The molecule has 4 heteroatoms. The summed E-state index contributed by atoms with van der Waals surface area (Å²) in [4.78, 5) is 0. The number of hydrogen-bond acceptors (Lipinski definition) is 4. The molecule has 0 bridgehead atoms. The standard InChI is InChI=1S/C12H13N3O/c1-9-5-6-12(15-14-9)16-11-4-2-3-10(7-11)8-13/h2-7H,8,13H2,1H3. The lowest BCUT2D eigenvalue weighted by molar-refractivity contribution is 0.454. The van der Waals surface area contributed by atoms with E-state index in [1.165, 1.54) is 0 Å². The van der Waals surface area contributed by atoms with E-state index in [-0.39, 0.29) is 0 Å². The second kappa shape index (κ2) is 4.72. The Balaban J connectivity index is 2.16. The average Bonchev–Trinajstić information content (AvgIpc) is 2.32. The molecule has 0 fully saturated rings. The summed E-state index contributed by atoms with van der Waals surface area (Å²) in [5.74, 6) is 1.21. The van der Waals surface area contributed by atoms with E-state index in [0.717, 1.165) is 17.0 Å². The fourth-order valence-corrected chi connectivity index (χ4v) is 1.30. The van der Waals surface area contributed by atoms with Gasteiger partial charge in [-0.2, -0.15) is 5.10 Å². The van der Waals surface area contributed by atoms with Crippen LogP contribution >= 0.6 is 0 Å². The van der Waals surface area contributed by atoms with Crippen molar-refractivity contribution in [3.63, 3.8) is 0 Å². The minimum Gasteiger partial charge on any atom is -0.438 e. The molecule has 2 aromatic rings. The van der Waals surface area contributed by atoms with Gasteiger partial charge in [-0.25, -0.2) is 0 Å². The van der Waals surface area contributed by atoms with Crippen molar-refractivity contribution >= 4 is 0 Å². The Morgan fingerprint density at radius 3 is 2.75 bits per heavy atom. The van der Waals surface area contributed by atoms with Crippen LogP contribution in [0, 0.1) is 6.92 Å². The van der Waals surface area contributed by atoms with Crippen LogP contribution in [0.25, 0.3) is 0 Å². The Morgan fingerprint density at radius 1 is 1.19 bits per heavy atom. The van der Waals surface area contributed by atoms with Crippen LogP contribution in [0.15, 0.2) is 36.4 Å². The normalized spacial score (nSPS) is 10.1. The predicted molar refractivity (Wildman–Crippen MR) is 61.2 cm³/mol. The first-order valence-electron chi connectivity index (χ1n) is 5.05. The molecule has 0 unspecified atom stereocenters. The van der Waals surface area contributed by atoms with Crippen LogP contribution in [0.2, 0.25) is 0 Å². The van der Waals surface area contributed by atoms with E-state index in [1.54, 1.807) is 6.07 Å². The summed E-state index contributed by atoms with van der Waals surface area (Å²) in [5, 5.41) is 7.84. The van der Waals surface area contributed by atoms with Crippen LogP contribution in [0.1, 0.15) is 11.3 Å². The van der Waals surface area contributed by atoms with Crippen molar-refractivity contribution in [2.45, 2.75) is 13.5 Å². The fourth-order valence-electron chi connectivity index (χ4n) is 1.30. The lowest BCUT2D eigenvalue weighted by atomic mass is 10.2. The monoisotopic (exact) mass is 215 g/mol. The summed E-state index contributed by atoms with van der Waals surface area (Å²) >= 11 is 0. The summed E-state index contributed by atoms with van der Waals surface area (Å²) < 4.78 is 5.55. The topological polar surface area (TPSA) is 61.0 Å². The van der Waals surface area contributed by atoms with Crippen molar-refractivity contribution < 1.29 is 4.74 Å². The quantitative estimate of drug-likeness (QED) is 0.851. The van der Waals surface area contributed by atoms with Crippen molar-refractivity contribution in [3.8, 4) is 11.6 Å². The molecule has 0 aliphatic carbocycles. The van der Waals surface area contributed by atoms with Crippen molar-refractivity contribution in [3.05, 3.63) is 47.7 Å². The van der Waals surface area contributed by atoms with Gasteiger partial charge < -0.3 is 10.5 Å². The Morgan fingerprint density at radius 2 is 2.06 bits per heavy atom. The number of benzene rings is 1. The molecule has 4 nitrogen and oxygen atoms in total. The minimum atomic E-state index is 0.486. The molecule has 0 saturated heterocycles. The van der Waals surface area contributed by atoms with Crippen LogP contribution in [0.4, 0.5) is 0 Å². The molecule has 0 spiro atoms. The number of aryl methyl sites for hydroxylation is 1. The molecule has 0 aliphatic rings. The van der Waals surface area contributed by atoms with E-state index in [9.17, 15) is 0 Å². The van der Waals surface area contributed by atoms with Crippen LogP contribution < -0.4 is 10.5 Å². The first kappa shape index (κ1) is 10.6. The third-order valence-corrected chi connectivity index (χ3v) is 2.13. The highest BCUT2D eigenvalue weighted by atomic mass is 16.5. The van der Waals surface area contributed by atoms with Gasteiger partial charge in [-0.1, -0.05) is 12.1 Å². The van der Waals surface area contributed by atoms with E-state index < -0.39 is 0 Å². The average molecular weight is 215 g/mol. The molecule has 0 atom stereocenters. The van der Waals surface area contributed by atoms with Crippen molar-refractivity contribution in [1.29, 1.82) is 0 Å². The molecule has 0 saturated carbocycles. The molecule has 2 rings (SSSR count). The third kappa shape index (κ3) is 2.55. The number of nitrogens with zero attached hydrogens (tertiary/aromatic N) is 2. The summed E-state index contributed by atoms with van der Waals surface area (Å²) in [6.45, 7) is 2.38. The van der Waals surface area contributed by atoms with Gasteiger partial charge in [0.2, 0.25) is 5.88 Å². The Kier molecular flexibility index (Phi) is 3.12. The number of nitrogens with two attached hydrogens (primary N) is 1. The number of ether oxygens (including phenoxy) is 1. The highest BCUT2D eigenvalue weighted by Crippen LogP contribution is 2.19. The molecule has 82 valence electrons. The van der Waals surface area contributed by atoms with Crippen LogP contribution in [0.5, 0.6) is 11.6 Å². The number of aromatic nitrogens is 2. The van der Waals surface area contributed by atoms with Crippen molar-refractivity contribution in [2.75, 3.05) is 0 Å². The highest BCUT2D eigenvalue weighted by molar-refractivity contribution is 5.31. The van der Waals surface area contributed by atoms with Crippen molar-refractivity contribution in [1.82, 2.24) is 10.2 Å². The number of hydrogen-bond donors (Lipinski definition) is 1.